The lowest BCUT2D eigenvalue weighted by atomic mass is 10.0. The molecule has 1 N–H and O–H groups in total. The van der Waals surface area contributed by atoms with Crippen molar-refractivity contribution in [3.63, 3.8) is 0 Å². The van der Waals surface area contributed by atoms with Crippen molar-refractivity contribution in [3.8, 4) is 11.4 Å². The van der Waals surface area contributed by atoms with Gasteiger partial charge in [0, 0.05) is 68.4 Å². The summed E-state index contributed by atoms with van der Waals surface area (Å²) >= 11 is 0. The monoisotopic (exact) mass is 380 g/mol. The maximum absolute atomic E-state index is 9.55. The highest BCUT2D eigenvalue weighted by molar-refractivity contribution is 5.59. The Morgan fingerprint density at radius 1 is 1.07 bits per heavy atom. The minimum Gasteiger partial charge on any atom is -0.396 e. The highest BCUT2D eigenvalue weighted by atomic mass is 16.3. The molecule has 1 aliphatic carbocycles. The van der Waals surface area contributed by atoms with E-state index in [1.54, 1.807) is 0 Å². The Hall–Kier alpha value is -1.82. The number of aryl methyl sites for hydroxylation is 1. The Morgan fingerprint density at radius 3 is 2.54 bits per heavy atom. The van der Waals surface area contributed by atoms with Gasteiger partial charge in [0.05, 0.1) is 0 Å². The molecule has 1 aliphatic heterocycles. The van der Waals surface area contributed by atoms with Crippen LogP contribution >= 0.6 is 0 Å². The zero-order valence-electron chi connectivity index (χ0n) is 16.9. The van der Waals surface area contributed by atoms with Crippen LogP contribution in [0.25, 0.3) is 11.4 Å². The number of benzene rings is 1. The third-order valence-electron chi connectivity index (χ3n) is 6.37. The van der Waals surface area contributed by atoms with Crippen LogP contribution in [0.1, 0.15) is 43.2 Å². The quantitative estimate of drug-likeness (QED) is 0.834. The second-order valence-electron chi connectivity index (χ2n) is 8.31. The first-order chi connectivity index (χ1) is 13.7. The van der Waals surface area contributed by atoms with E-state index >= 15 is 0 Å². The molecule has 0 radical (unpaired) electrons. The summed E-state index contributed by atoms with van der Waals surface area (Å²) in [7, 11) is 0. The number of hydrogen-bond acceptors (Lipinski definition) is 5. The molecule has 1 saturated carbocycles. The van der Waals surface area contributed by atoms with Gasteiger partial charge in [-0.2, -0.15) is 0 Å². The van der Waals surface area contributed by atoms with Crippen LogP contribution in [0.4, 0.5) is 0 Å². The van der Waals surface area contributed by atoms with E-state index in [-0.39, 0.29) is 6.61 Å². The van der Waals surface area contributed by atoms with Crippen molar-refractivity contribution in [2.75, 3.05) is 26.2 Å². The largest absolute Gasteiger partial charge is 0.396 e. The van der Waals surface area contributed by atoms with E-state index < -0.39 is 0 Å². The smallest absolute Gasteiger partial charge is 0.159 e. The highest BCUT2D eigenvalue weighted by Gasteiger charge is 2.32. The van der Waals surface area contributed by atoms with Gasteiger partial charge in [0.1, 0.15) is 0 Å². The summed E-state index contributed by atoms with van der Waals surface area (Å²) in [4.78, 5) is 14.4. The van der Waals surface area contributed by atoms with Crippen LogP contribution in [-0.2, 0) is 6.54 Å². The Morgan fingerprint density at radius 2 is 1.82 bits per heavy atom. The molecule has 1 aromatic carbocycles. The molecule has 1 aromatic heterocycles. The van der Waals surface area contributed by atoms with Crippen molar-refractivity contribution in [1.29, 1.82) is 0 Å². The zero-order chi connectivity index (χ0) is 19.3. The van der Waals surface area contributed by atoms with Crippen LogP contribution in [0.5, 0.6) is 0 Å². The SMILES string of the molecule is Cc1ccccc1-c1ncc(CN2CCN(C3CCCC3)C(CCO)C2)cn1. The molecule has 1 unspecified atom stereocenters. The van der Waals surface area contributed by atoms with E-state index in [1.165, 1.54) is 31.2 Å². The molecule has 0 bridgehead atoms. The molecule has 2 aliphatic rings. The van der Waals surface area contributed by atoms with Crippen LogP contribution in [-0.4, -0.2) is 63.2 Å². The van der Waals surface area contributed by atoms with Crippen LogP contribution in [0.15, 0.2) is 36.7 Å². The number of aromatic nitrogens is 2. The lowest BCUT2D eigenvalue weighted by Crippen LogP contribution is -2.56. The Bertz CT molecular complexity index is 757. The number of piperazine rings is 1. The van der Waals surface area contributed by atoms with Crippen molar-refractivity contribution in [1.82, 2.24) is 19.8 Å². The Kier molecular flexibility index (Phi) is 6.35. The summed E-state index contributed by atoms with van der Waals surface area (Å²) in [6.45, 7) is 6.47. The summed E-state index contributed by atoms with van der Waals surface area (Å²) in [5.74, 6) is 0.797. The topological polar surface area (TPSA) is 52.5 Å². The summed E-state index contributed by atoms with van der Waals surface area (Å²) < 4.78 is 0. The molecule has 5 heteroatoms. The average molecular weight is 381 g/mol. The second-order valence-corrected chi connectivity index (χ2v) is 8.31. The van der Waals surface area contributed by atoms with Gasteiger partial charge in [-0.05, 0) is 31.7 Å². The van der Waals surface area contributed by atoms with Crippen molar-refractivity contribution >= 4 is 0 Å². The van der Waals surface area contributed by atoms with E-state index in [9.17, 15) is 5.11 Å². The van der Waals surface area contributed by atoms with Gasteiger partial charge in [0.2, 0.25) is 0 Å². The van der Waals surface area contributed by atoms with Crippen molar-refractivity contribution < 1.29 is 5.11 Å². The van der Waals surface area contributed by atoms with E-state index in [0.29, 0.717) is 6.04 Å². The minimum absolute atomic E-state index is 0.274. The minimum atomic E-state index is 0.274. The Balaban J connectivity index is 1.39. The summed E-state index contributed by atoms with van der Waals surface area (Å²) in [5.41, 5.74) is 3.46. The zero-order valence-corrected chi connectivity index (χ0v) is 16.9. The third-order valence-corrected chi connectivity index (χ3v) is 6.37. The second kappa shape index (κ2) is 9.12. The van der Waals surface area contributed by atoms with Crippen LogP contribution in [0.3, 0.4) is 0 Å². The van der Waals surface area contributed by atoms with Crippen LogP contribution < -0.4 is 0 Å². The number of aliphatic hydroxyl groups is 1. The lowest BCUT2D eigenvalue weighted by Gasteiger charge is -2.44. The number of nitrogens with zero attached hydrogens (tertiary/aromatic N) is 4. The first-order valence-corrected chi connectivity index (χ1v) is 10.7. The number of hydrogen-bond donors (Lipinski definition) is 1. The fourth-order valence-electron chi connectivity index (χ4n) is 4.86. The van der Waals surface area contributed by atoms with E-state index in [1.807, 2.05) is 24.5 Å². The molecule has 1 atom stereocenters. The first kappa shape index (κ1) is 19.5. The number of aliphatic hydroxyl groups excluding tert-OH is 1. The highest BCUT2D eigenvalue weighted by Crippen LogP contribution is 2.28. The average Bonchev–Trinajstić information content (AvgIpc) is 3.24. The molecule has 0 spiro atoms. The molecule has 0 amide bonds. The standard InChI is InChI=1S/C23H32N4O/c1-18-6-2-5-9-22(18)23-24-14-19(15-25-23)16-26-11-12-27(20-7-3-4-8-20)21(17-26)10-13-28/h2,5-6,9,14-15,20-21,28H,3-4,7-8,10-13,16-17H2,1H3. The fourth-order valence-corrected chi connectivity index (χ4v) is 4.86. The molecule has 150 valence electrons. The van der Waals surface area contributed by atoms with Gasteiger partial charge in [0.25, 0.3) is 0 Å². The molecule has 2 heterocycles. The predicted molar refractivity (Wildman–Crippen MR) is 112 cm³/mol. The van der Waals surface area contributed by atoms with Gasteiger partial charge in [-0.3, -0.25) is 9.80 Å². The van der Waals surface area contributed by atoms with Crippen molar-refractivity contribution in [2.45, 2.75) is 57.7 Å². The molecular formula is C23H32N4O. The fraction of sp³-hybridized carbons (Fsp3) is 0.565. The maximum atomic E-state index is 9.55. The first-order valence-electron chi connectivity index (χ1n) is 10.7. The maximum Gasteiger partial charge on any atom is 0.159 e. The van der Waals surface area contributed by atoms with Gasteiger partial charge >= 0.3 is 0 Å². The van der Waals surface area contributed by atoms with Crippen molar-refractivity contribution in [3.05, 3.63) is 47.8 Å². The summed E-state index contributed by atoms with van der Waals surface area (Å²) in [6, 6.07) is 9.44. The van der Waals surface area contributed by atoms with Crippen molar-refractivity contribution in [2.24, 2.45) is 0 Å². The molecule has 4 rings (SSSR count). The van der Waals surface area contributed by atoms with E-state index in [0.717, 1.165) is 55.6 Å². The number of rotatable bonds is 6. The Labute approximate surface area is 168 Å². The van der Waals surface area contributed by atoms with E-state index in [2.05, 4.69) is 38.8 Å². The summed E-state index contributed by atoms with van der Waals surface area (Å²) in [5, 5.41) is 9.55. The van der Waals surface area contributed by atoms with E-state index in [4.69, 9.17) is 0 Å². The van der Waals surface area contributed by atoms with Gasteiger partial charge in [-0.1, -0.05) is 37.1 Å². The van der Waals surface area contributed by atoms with Gasteiger partial charge in [-0.25, -0.2) is 9.97 Å². The van der Waals surface area contributed by atoms with Crippen LogP contribution in [0, 0.1) is 6.92 Å². The van der Waals surface area contributed by atoms with Gasteiger partial charge in [-0.15, -0.1) is 0 Å². The normalized spacial score (nSPS) is 22.0. The molecule has 28 heavy (non-hydrogen) atoms. The lowest BCUT2D eigenvalue weighted by molar-refractivity contribution is 0.0266. The third kappa shape index (κ3) is 4.43. The van der Waals surface area contributed by atoms with Crippen LogP contribution in [0.2, 0.25) is 0 Å². The van der Waals surface area contributed by atoms with Gasteiger partial charge < -0.3 is 5.11 Å². The predicted octanol–water partition coefficient (Wildman–Crippen LogP) is 3.26. The molecular weight excluding hydrogens is 348 g/mol. The molecule has 2 aromatic rings. The van der Waals surface area contributed by atoms with Gasteiger partial charge in [0.15, 0.2) is 5.82 Å². The summed E-state index contributed by atoms with van der Waals surface area (Å²) in [6.07, 6.45) is 10.2. The molecule has 2 fully saturated rings. The molecule has 5 nitrogen and oxygen atoms in total. The molecule has 1 saturated heterocycles.